The molecule has 2 rings (SSSR count). The maximum Gasteiger partial charge on any atom is 0.0686 e. The second-order valence-electron chi connectivity index (χ2n) is 6.05. The summed E-state index contributed by atoms with van der Waals surface area (Å²) in [5.41, 5.74) is 0.188. The summed E-state index contributed by atoms with van der Waals surface area (Å²) in [7, 11) is 0. The van der Waals surface area contributed by atoms with E-state index in [9.17, 15) is 5.11 Å². The van der Waals surface area contributed by atoms with Crippen molar-refractivity contribution in [2.45, 2.75) is 82.8 Å². The Morgan fingerprint density at radius 3 is 2.76 bits per heavy atom. The van der Waals surface area contributed by atoms with Crippen LogP contribution in [0.4, 0.5) is 0 Å². The Hall–Kier alpha value is -0.0800. The molecule has 1 saturated carbocycles. The van der Waals surface area contributed by atoms with Crippen LogP contribution < -0.4 is 0 Å². The van der Waals surface area contributed by atoms with E-state index in [0.717, 1.165) is 25.9 Å². The average molecular weight is 240 g/mol. The Morgan fingerprint density at radius 2 is 2.12 bits per heavy atom. The number of ether oxygens (including phenoxy) is 1. The van der Waals surface area contributed by atoms with Crippen LogP contribution in [0.2, 0.25) is 0 Å². The van der Waals surface area contributed by atoms with E-state index in [1.54, 1.807) is 0 Å². The van der Waals surface area contributed by atoms with E-state index in [4.69, 9.17) is 4.74 Å². The van der Waals surface area contributed by atoms with Crippen LogP contribution in [0, 0.1) is 5.92 Å². The van der Waals surface area contributed by atoms with Gasteiger partial charge in [-0.25, -0.2) is 0 Å². The first-order valence-electron chi connectivity index (χ1n) is 7.58. The van der Waals surface area contributed by atoms with Crippen molar-refractivity contribution in [3.63, 3.8) is 0 Å². The van der Waals surface area contributed by atoms with Gasteiger partial charge in [0.2, 0.25) is 0 Å². The number of unbranched alkanes of at least 4 members (excludes halogenated alkanes) is 3. The molecule has 2 atom stereocenters. The summed E-state index contributed by atoms with van der Waals surface area (Å²) in [5.74, 6) is 0.505. The topological polar surface area (TPSA) is 29.5 Å². The zero-order valence-corrected chi connectivity index (χ0v) is 11.3. The van der Waals surface area contributed by atoms with Gasteiger partial charge in [-0.2, -0.15) is 0 Å². The summed E-state index contributed by atoms with van der Waals surface area (Å²) in [6.07, 6.45) is 11.9. The SMILES string of the molecule is CCCCCCC(O)C1CCOC2(CCC2)C1. The van der Waals surface area contributed by atoms with Crippen molar-refractivity contribution in [2.75, 3.05) is 6.61 Å². The Morgan fingerprint density at radius 1 is 1.29 bits per heavy atom. The molecule has 1 N–H and O–H groups in total. The number of hydrogen-bond acceptors (Lipinski definition) is 2. The maximum absolute atomic E-state index is 10.3. The Labute approximate surface area is 106 Å². The molecule has 1 aliphatic heterocycles. The zero-order valence-electron chi connectivity index (χ0n) is 11.3. The van der Waals surface area contributed by atoms with Crippen LogP contribution in [0.5, 0.6) is 0 Å². The summed E-state index contributed by atoms with van der Waals surface area (Å²) in [5, 5.41) is 10.3. The quantitative estimate of drug-likeness (QED) is 0.718. The molecule has 0 aromatic carbocycles. The van der Waals surface area contributed by atoms with Gasteiger partial charge in [-0.1, -0.05) is 32.6 Å². The zero-order chi connectivity index (χ0) is 12.1. The smallest absolute Gasteiger partial charge is 0.0686 e. The van der Waals surface area contributed by atoms with Crippen molar-refractivity contribution in [3.05, 3.63) is 0 Å². The standard InChI is InChI=1S/C15H28O2/c1-2-3-4-5-7-14(16)13-8-11-17-15(12-13)9-6-10-15/h13-14,16H,2-12H2,1H3. The van der Waals surface area contributed by atoms with Crippen molar-refractivity contribution >= 4 is 0 Å². The molecule has 1 heterocycles. The lowest BCUT2D eigenvalue weighted by molar-refractivity contribution is -0.157. The average Bonchev–Trinajstić information content (AvgIpc) is 2.32. The van der Waals surface area contributed by atoms with Crippen LogP contribution in [0.3, 0.4) is 0 Å². The van der Waals surface area contributed by atoms with E-state index in [1.807, 2.05) is 0 Å². The van der Waals surface area contributed by atoms with Gasteiger partial charge >= 0.3 is 0 Å². The lowest BCUT2D eigenvalue weighted by Gasteiger charge is -2.48. The fourth-order valence-electron chi connectivity index (χ4n) is 3.33. The van der Waals surface area contributed by atoms with Gasteiger partial charge in [0.15, 0.2) is 0 Å². The first-order chi connectivity index (χ1) is 8.26. The minimum absolute atomic E-state index is 0.0757. The molecule has 2 fully saturated rings. The van der Waals surface area contributed by atoms with E-state index in [-0.39, 0.29) is 11.7 Å². The van der Waals surface area contributed by atoms with Crippen LogP contribution in [-0.2, 0) is 4.74 Å². The Balaban J connectivity index is 1.69. The fourth-order valence-corrected chi connectivity index (χ4v) is 3.33. The van der Waals surface area contributed by atoms with Crippen molar-refractivity contribution < 1.29 is 9.84 Å². The molecule has 0 aromatic heterocycles. The Kier molecular flexibility index (Phi) is 4.87. The molecule has 2 aliphatic rings. The fraction of sp³-hybridized carbons (Fsp3) is 1.00. The number of rotatable bonds is 6. The van der Waals surface area contributed by atoms with Crippen LogP contribution in [0.15, 0.2) is 0 Å². The molecule has 0 aromatic rings. The lowest BCUT2D eigenvalue weighted by Crippen LogP contribution is -2.47. The van der Waals surface area contributed by atoms with Gasteiger partial charge in [0, 0.05) is 6.61 Å². The van der Waals surface area contributed by atoms with Gasteiger partial charge in [-0.05, 0) is 44.4 Å². The van der Waals surface area contributed by atoms with E-state index in [2.05, 4.69) is 6.92 Å². The molecule has 1 aliphatic carbocycles. The summed E-state index contributed by atoms with van der Waals surface area (Å²) < 4.78 is 5.91. The van der Waals surface area contributed by atoms with Crippen molar-refractivity contribution in [1.29, 1.82) is 0 Å². The van der Waals surface area contributed by atoms with Gasteiger partial charge in [0.1, 0.15) is 0 Å². The highest BCUT2D eigenvalue weighted by atomic mass is 16.5. The van der Waals surface area contributed by atoms with Gasteiger partial charge in [-0.3, -0.25) is 0 Å². The molecule has 0 amide bonds. The molecule has 2 unspecified atom stereocenters. The highest BCUT2D eigenvalue weighted by Gasteiger charge is 2.43. The van der Waals surface area contributed by atoms with Crippen molar-refractivity contribution in [1.82, 2.24) is 0 Å². The normalized spacial score (nSPS) is 28.9. The number of hydrogen-bond donors (Lipinski definition) is 1. The molecule has 1 spiro atoms. The third-order valence-corrected chi connectivity index (χ3v) is 4.69. The highest BCUT2D eigenvalue weighted by molar-refractivity contribution is 4.95. The molecule has 2 heteroatoms. The molecule has 0 bridgehead atoms. The summed E-state index contributed by atoms with van der Waals surface area (Å²) >= 11 is 0. The second-order valence-corrected chi connectivity index (χ2v) is 6.05. The van der Waals surface area contributed by atoms with E-state index in [0.29, 0.717) is 5.92 Å². The van der Waals surface area contributed by atoms with Gasteiger partial charge in [-0.15, -0.1) is 0 Å². The predicted molar refractivity (Wildman–Crippen MR) is 70.0 cm³/mol. The molecular weight excluding hydrogens is 212 g/mol. The predicted octanol–water partition coefficient (Wildman–Crippen LogP) is 3.67. The van der Waals surface area contributed by atoms with Crippen LogP contribution in [0.25, 0.3) is 0 Å². The largest absolute Gasteiger partial charge is 0.393 e. The van der Waals surface area contributed by atoms with Gasteiger partial charge < -0.3 is 9.84 Å². The first-order valence-corrected chi connectivity index (χ1v) is 7.58. The van der Waals surface area contributed by atoms with Gasteiger partial charge in [0.25, 0.3) is 0 Å². The summed E-state index contributed by atoms with van der Waals surface area (Å²) in [4.78, 5) is 0. The van der Waals surface area contributed by atoms with Crippen molar-refractivity contribution in [3.8, 4) is 0 Å². The number of aliphatic hydroxyl groups is 1. The molecular formula is C15H28O2. The minimum Gasteiger partial charge on any atom is -0.393 e. The second kappa shape index (κ2) is 6.19. The molecule has 2 nitrogen and oxygen atoms in total. The first kappa shape index (κ1) is 13.4. The molecule has 100 valence electrons. The lowest BCUT2D eigenvalue weighted by atomic mass is 9.70. The summed E-state index contributed by atoms with van der Waals surface area (Å²) in [6.45, 7) is 3.10. The summed E-state index contributed by atoms with van der Waals surface area (Å²) in [6, 6.07) is 0. The van der Waals surface area contributed by atoms with Gasteiger partial charge in [0.05, 0.1) is 11.7 Å². The Bertz CT molecular complexity index is 223. The van der Waals surface area contributed by atoms with Crippen LogP contribution >= 0.6 is 0 Å². The third kappa shape index (κ3) is 3.45. The molecule has 1 saturated heterocycles. The monoisotopic (exact) mass is 240 g/mol. The highest BCUT2D eigenvalue weighted by Crippen LogP contribution is 2.45. The van der Waals surface area contributed by atoms with E-state index in [1.165, 1.54) is 44.9 Å². The molecule has 17 heavy (non-hydrogen) atoms. The number of aliphatic hydroxyl groups excluding tert-OH is 1. The molecule has 0 radical (unpaired) electrons. The van der Waals surface area contributed by atoms with E-state index < -0.39 is 0 Å². The van der Waals surface area contributed by atoms with E-state index >= 15 is 0 Å². The maximum atomic E-state index is 10.3. The minimum atomic E-state index is -0.0757. The van der Waals surface area contributed by atoms with Crippen LogP contribution in [0.1, 0.15) is 71.1 Å². The van der Waals surface area contributed by atoms with Crippen LogP contribution in [-0.4, -0.2) is 23.4 Å². The third-order valence-electron chi connectivity index (χ3n) is 4.69. The van der Waals surface area contributed by atoms with Crippen molar-refractivity contribution in [2.24, 2.45) is 5.92 Å².